The number of aliphatic hydroxyl groups excluding tert-OH is 2. The number of primary amides is 1. The van der Waals surface area contributed by atoms with Gasteiger partial charge in [-0.15, -0.1) is 0 Å². The number of carbonyl (C=O) groups is 1. The molecule has 1 fully saturated rings. The van der Waals surface area contributed by atoms with Gasteiger partial charge in [-0.2, -0.15) is 0 Å². The molecule has 4 atom stereocenters. The summed E-state index contributed by atoms with van der Waals surface area (Å²) in [4.78, 5) is 36.2. The Hall–Kier alpha value is -1.97. The summed E-state index contributed by atoms with van der Waals surface area (Å²) in [6, 6.07) is 0. The molecule has 1 aromatic rings. The van der Waals surface area contributed by atoms with E-state index in [4.69, 9.17) is 10.5 Å². The van der Waals surface area contributed by atoms with Gasteiger partial charge in [-0.3, -0.25) is 18.7 Å². The molecule has 9 heteroatoms. The number of ether oxygens (including phenoxy) is 1. The number of nitrogens with two attached hydrogens (primary N) is 1. The largest absolute Gasteiger partial charge is 0.394 e. The highest BCUT2D eigenvalue weighted by molar-refractivity contribution is 5.76. The molecule has 28 heavy (non-hydrogen) atoms. The first-order chi connectivity index (χ1) is 13.3. The van der Waals surface area contributed by atoms with E-state index in [9.17, 15) is 24.6 Å². The van der Waals surface area contributed by atoms with Crippen LogP contribution in [0.15, 0.2) is 15.8 Å². The van der Waals surface area contributed by atoms with Crippen molar-refractivity contribution in [3.63, 3.8) is 0 Å². The average molecular weight is 397 g/mol. The molecule has 158 valence electrons. The van der Waals surface area contributed by atoms with Gasteiger partial charge in [0.05, 0.1) is 12.7 Å². The predicted molar refractivity (Wildman–Crippen MR) is 103 cm³/mol. The molecule has 2 heterocycles. The molecule has 0 saturated carbocycles. The third kappa shape index (κ3) is 5.30. The second kappa shape index (κ2) is 9.99. The van der Waals surface area contributed by atoms with Gasteiger partial charge in [-0.1, -0.05) is 26.2 Å². The van der Waals surface area contributed by atoms with Gasteiger partial charge >= 0.3 is 5.69 Å². The first-order valence-electron chi connectivity index (χ1n) is 9.82. The standard InChI is InChI=1S/C19H31N3O6/c1-12(17(20)25)7-5-3-4-6-8-21-18(26)13(2)10-22(19(21)27)16-9-14(24)15(11-23)28-16/h10,12,14-16,23-24H,3-9,11H2,1-2H3,(H2,20,25)/t12?,14-,15+,16+/m0/s1. The van der Waals surface area contributed by atoms with E-state index in [1.54, 1.807) is 13.8 Å². The van der Waals surface area contributed by atoms with Gasteiger partial charge in [-0.05, 0) is 19.8 Å². The maximum atomic E-state index is 12.8. The highest BCUT2D eigenvalue weighted by Crippen LogP contribution is 2.27. The minimum Gasteiger partial charge on any atom is -0.394 e. The van der Waals surface area contributed by atoms with Crippen LogP contribution in [0.3, 0.4) is 0 Å². The van der Waals surface area contributed by atoms with E-state index < -0.39 is 24.1 Å². The number of aryl methyl sites for hydroxylation is 1. The Balaban J connectivity index is 1.99. The van der Waals surface area contributed by atoms with E-state index >= 15 is 0 Å². The first-order valence-corrected chi connectivity index (χ1v) is 9.82. The summed E-state index contributed by atoms with van der Waals surface area (Å²) in [6.07, 6.45) is 3.32. The van der Waals surface area contributed by atoms with Crippen molar-refractivity contribution in [2.24, 2.45) is 11.7 Å². The number of carbonyl (C=O) groups excluding carboxylic acids is 1. The van der Waals surface area contributed by atoms with Crippen molar-refractivity contribution in [1.29, 1.82) is 0 Å². The number of hydrogen-bond acceptors (Lipinski definition) is 6. The van der Waals surface area contributed by atoms with Crippen LogP contribution in [0.25, 0.3) is 0 Å². The fraction of sp³-hybridized carbons (Fsp3) is 0.737. The number of unbranched alkanes of at least 4 members (excludes halogenated alkanes) is 3. The van der Waals surface area contributed by atoms with Crippen LogP contribution in [0.4, 0.5) is 0 Å². The van der Waals surface area contributed by atoms with Crippen molar-refractivity contribution in [3.05, 3.63) is 32.6 Å². The molecule has 2 rings (SSSR count). The second-order valence-electron chi connectivity index (χ2n) is 7.58. The lowest BCUT2D eigenvalue weighted by molar-refractivity contribution is -0.121. The predicted octanol–water partition coefficient (Wildman–Crippen LogP) is 0.0310. The van der Waals surface area contributed by atoms with Gasteiger partial charge in [0.1, 0.15) is 12.3 Å². The third-order valence-electron chi connectivity index (χ3n) is 5.32. The summed E-state index contributed by atoms with van der Waals surface area (Å²) in [5.41, 5.74) is 4.84. The van der Waals surface area contributed by atoms with Crippen LogP contribution in [-0.2, 0) is 16.1 Å². The summed E-state index contributed by atoms with van der Waals surface area (Å²) in [5, 5.41) is 19.1. The fourth-order valence-corrected chi connectivity index (χ4v) is 3.43. The Bertz CT molecular complexity index is 787. The van der Waals surface area contributed by atoms with Gasteiger partial charge in [-0.25, -0.2) is 4.79 Å². The van der Waals surface area contributed by atoms with E-state index in [0.717, 1.165) is 25.7 Å². The molecular formula is C19H31N3O6. The van der Waals surface area contributed by atoms with Gasteiger partial charge in [0, 0.05) is 30.6 Å². The molecule has 1 aromatic heterocycles. The first kappa shape index (κ1) is 22.3. The molecule has 0 spiro atoms. The molecule has 1 unspecified atom stereocenters. The Morgan fingerprint density at radius 1 is 1.32 bits per heavy atom. The van der Waals surface area contributed by atoms with Gasteiger partial charge in [0.15, 0.2) is 0 Å². The molecule has 1 aliphatic rings. The Morgan fingerprint density at radius 2 is 2.00 bits per heavy atom. The maximum absolute atomic E-state index is 12.8. The van der Waals surface area contributed by atoms with Crippen LogP contribution in [0.2, 0.25) is 0 Å². The summed E-state index contributed by atoms with van der Waals surface area (Å²) in [5.74, 6) is -0.439. The van der Waals surface area contributed by atoms with E-state index in [2.05, 4.69) is 0 Å². The monoisotopic (exact) mass is 397 g/mol. The molecule has 0 bridgehead atoms. The lowest BCUT2D eigenvalue weighted by atomic mass is 10.0. The zero-order valence-corrected chi connectivity index (χ0v) is 16.5. The van der Waals surface area contributed by atoms with Crippen LogP contribution in [0.1, 0.15) is 57.2 Å². The number of aliphatic hydroxyl groups is 2. The minimum absolute atomic E-state index is 0.142. The zero-order chi connectivity index (χ0) is 20.8. The van der Waals surface area contributed by atoms with Crippen LogP contribution in [0, 0.1) is 12.8 Å². The van der Waals surface area contributed by atoms with Crippen LogP contribution in [0.5, 0.6) is 0 Å². The van der Waals surface area contributed by atoms with E-state index in [0.29, 0.717) is 18.5 Å². The van der Waals surface area contributed by atoms with E-state index in [-0.39, 0.29) is 30.4 Å². The number of aromatic nitrogens is 2. The molecule has 1 aliphatic heterocycles. The van der Waals surface area contributed by atoms with Gasteiger partial charge < -0.3 is 20.7 Å². The molecule has 1 amide bonds. The van der Waals surface area contributed by atoms with Crippen LogP contribution >= 0.6 is 0 Å². The molecule has 4 N–H and O–H groups in total. The number of amides is 1. The van der Waals surface area contributed by atoms with Crippen molar-refractivity contribution in [3.8, 4) is 0 Å². The quantitative estimate of drug-likeness (QED) is 0.477. The van der Waals surface area contributed by atoms with Crippen molar-refractivity contribution in [2.75, 3.05) is 6.61 Å². The maximum Gasteiger partial charge on any atom is 0.333 e. The summed E-state index contributed by atoms with van der Waals surface area (Å²) in [7, 11) is 0. The molecule has 0 aliphatic carbocycles. The Labute approximate surface area is 163 Å². The van der Waals surface area contributed by atoms with Crippen LogP contribution in [-0.4, -0.2) is 44.1 Å². The van der Waals surface area contributed by atoms with Gasteiger partial charge in [0.25, 0.3) is 5.56 Å². The minimum atomic E-state index is -0.856. The number of nitrogens with zero attached hydrogens (tertiary/aromatic N) is 2. The van der Waals surface area contributed by atoms with Crippen molar-refractivity contribution >= 4 is 5.91 Å². The molecule has 1 saturated heterocycles. The van der Waals surface area contributed by atoms with E-state index in [1.165, 1.54) is 15.3 Å². The Morgan fingerprint density at radius 3 is 2.61 bits per heavy atom. The SMILES string of the molecule is Cc1cn([C@H]2C[C@H](O)[C@@H](CO)O2)c(=O)n(CCCCCCC(C)C(N)=O)c1=O. The zero-order valence-electron chi connectivity index (χ0n) is 16.5. The lowest BCUT2D eigenvalue weighted by Gasteiger charge is -2.17. The number of hydrogen-bond donors (Lipinski definition) is 3. The van der Waals surface area contributed by atoms with Crippen molar-refractivity contribution in [1.82, 2.24) is 9.13 Å². The average Bonchev–Trinajstić information content (AvgIpc) is 3.03. The van der Waals surface area contributed by atoms with Gasteiger partial charge in [0.2, 0.25) is 5.91 Å². The molecular weight excluding hydrogens is 366 g/mol. The second-order valence-corrected chi connectivity index (χ2v) is 7.58. The number of rotatable bonds is 10. The topological polar surface area (TPSA) is 137 Å². The van der Waals surface area contributed by atoms with E-state index in [1.807, 2.05) is 0 Å². The fourth-order valence-electron chi connectivity index (χ4n) is 3.43. The summed E-state index contributed by atoms with van der Waals surface area (Å²) >= 11 is 0. The smallest absolute Gasteiger partial charge is 0.333 e. The summed E-state index contributed by atoms with van der Waals surface area (Å²) < 4.78 is 8.07. The summed E-state index contributed by atoms with van der Waals surface area (Å²) in [6.45, 7) is 3.40. The van der Waals surface area contributed by atoms with Crippen molar-refractivity contribution in [2.45, 2.75) is 77.4 Å². The molecule has 0 radical (unpaired) electrons. The normalized spacial score (nSPS) is 23.1. The molecule has 0 aromatic carbocycles. The van der Waals surface area contributed by atoms with Crippen molar-refractivity contribution < 1.29 is 19.7 Å². The lowest BCUT2D eigenvalue weighted by Crippen LogP contribution is -2.42. The Kier molecular flexibility index (Phi) is 7.97. The highest BCUT2D eigenvalue weighted by Gasteiger charge is 2.35. The molecule has 9 nitrogen and oxygen atoms in total. The van der Waals surface area contributed by atoms with Crippen LogP contribution < -0.4 is 17.0 Å². The highest BCUT2D eigenvalue weighted by atomic mass is 16.5. The third-order valence-corrected chi connectivity index (χ3v) is 5.32.